The monoisotopic (exact) mass is 245 g/mol. The van der Waals surface area contributed by atoms with E-state index in [-0.39, 0.29) is 5.82 Å². The molecule has 1 aromatic heterocycles. The summed E-state index contributed by atoms with van der Waals surface area (Å²) in [5, 5.41) is 0. The molecular weight excluding hydrogens is 229 g/mol. The number of hydrogen-bond acceptors (Lipinski definition) is 3. The Labute approximate surface area is 106 Å². The van der Waals surface area contributed by atoms with Crippen molar-refractivity contribution in [3.8, 4) is 11.1 Å². The highest BCUT2D eigenvalue weighted by molar-refractivity contribution is 5.61. The van der Waals surface area contributed by atoms with E-state index < -0.39 is 5.54 Å². The maximum atomic E-state index is 13.1. The molecule has 0 amide bonds. The number of benzene rings is 1. The zero-order valence-corrected chi connectivity index (χ0v) is 10.5. The number of aromatic nitrogens is 2. The molecule has 0 bridgehead atoms. The molecule has 1 unspecified atom stereocenters. The molecule has 0 aliphatic rings. The molecule has 0 saturated heterocycles. The molecule has 0 aliphatic carbocycles. The van der Waals surface area contributed by atoms with E-state index in [1.807, 2.05) is 19.9 Å². The minimum Gasteiger partial charge on any atom is -0.319 e. The predicted molar refractivity (Wildman–Crippen MR) is 69.3 cm³/mol. The summed E-state index contributed by atoms with van der Waals surface area (Å²) in [7, 11) is 0. The third-order valence-electron chi connectivity index (χ3n) is 3.06. The summed E-state index contributed by atoms with van der Waals surface area (Å²) in [6.07, 6.45) is 4.11. The molecule has 0 saturated carbocycles. The van der Waals surface area contributed by atoms with Crippen LogP contribution in [0.2, 0.25) is 0 Å². The highest BCUT2D eigenvalue weighted by Crippen LogP contribution is 2.21. The molecule has 0 radical (unpaired) electrons. The molecule has 1 heterocycles. The number of nitrogens with zero attached hydrogens (tertiary/aromatic N) is 2. The average Bonchev–Trinajstić information content (AvgIpc) is 2.39. The van der Waals surface area contributed by atoms with Crippen LogP contribution in [0.1, 0.15) is 26.1 Å². The van der Waals surface area contributed by atoms with Gasteiger partial charge in [0, 0.05) is 18.0 Å². The summed E-state index contributed by atoms with van der Waals surface area (Å²) in [6.45, 7) is 3.88. The van der Waals surface area contributed by atoms with Gasteiger partial charge < -0.3 is 5.73 Å². The molecule has 2 rings (SSSR count). The Morgan fingerprint density at radius 3 is 2.44 bits per heavy atom. The van der Waals surface area contributed by atoms with Gasteiger partial charge in [0.15, 0.2) is 0 Å². The van der Waals surface area contributed by atoms with Crippen LogP contribution in [0.15, 0.2) is 36.7 Å². The zero-order valence-electron chi connectivity index (χ0n) is 10.5. The fraction of sp³-hybridized carbons (Fsp3) is 0.286. The smallest absolute Gasteiger partial charge is 0.147 e. The molecule has 0 aliphatic heterocycles. The van der Waals surface area contributed by atoms with Crippen LogP contribution in [-0.4, -0.2) is 9.97 Å². The third kappa shape index (κ3) is 2.54. The van der Waals surface area contributed by atoms with Gasteiger partial charge in [0.2, 0.25) is 0 Å². The maximum Gasteiger partial charge on any atom is 0.147 e. The van der Waals surface area contributed by atoms with Crippen LogP contribution >= 0.6 is 0 Å². The summed E-state index contributed by atoms with van der Waals surface area (Å²) < 4.78 is 13.1. The molecule has 2 N–H and O–H groups in total. The largest absolute Gasteiger partial charge is 0.319 e. The predicted octanol–water partition coefficient (Wildman–Crippen LogP) is 2.87. The first-order valence-corrected chi connectivity index (χ1v) is 5.90. The number of rotatable bonds is 3. The first kappa shape index (κ1) is 12.6. The first-order valence-electron chi connectivity index (χ1n) is 5.90. The molecule has 2 aromatic rings. The Bertz CT molecular complexity index is 535. The van der Waals surface area contributed by atoms with Crippen molar-refractivity contribution in [1.29, 1.82) is 0 Å². The second-order valence-electron chi connectivity index (χ2n) is 4.58. The highest BCUT2D eigenvalue weighted by atomic mass is 19.1. The van der Waals surface area contributed by atoms with Crippen LogP contribution in [0.25, 0.3) is 11.1 Å². The van der Waals surface area contributed by atoms with Crippen LogP contribution in [-0.2, 0) is 5.54 Å². The van der Waals surface area contributed by atoms with Gasteiger partial charge in [-0.1, -0.05) is 19.1 Å². The summed E-state index contributed by atoms with van der Waals surface area (Å²) in [6, 6.07) is 6.35. The molecule has 4 heteroatoms. The average molecular weight is 245 g/mol. The van der Waals surface area contributed by atoms with E-state index in [1.165, 1.54) is 12.1 Å². The van der Waals surface area contributed by atoms with Crippen molar-refractivity contribution in [2.24, 2.45) is 5.73 Å². The van der Waals surface area contributed by atoms with Crippen LogP contribution in [0, 0.1) is 5.82 Å². The Kier molecular flexibility index (Phi) is 3.39. The Morgan fingerprint density at radius 1 is 1.22 bits per heavy atom. The molecule has 1 aromatic carbocycles. The lowest BCUT2D eigenvalue weighted by molar-refractivity contribution is 0.445. The van der Waals surface area contributed by atoms with Crippen LogP contribution in [0.4, 0.5) is 4.39 Å². The van der Waals surface area contributed by atoms with Crippen LogP contribution < -0.4 is 5.73 Å². The second kappa shape index (κ2) is 4.82. The van der Waals surface area contributed by atoms with Crippen molar-refractivity contribution < 1.29 is 4.39 Å². The molecule has 0 fully saturated rings. The van der Waals surface area contributed by atoms with E-state index in [4.69, 9.17) is 5.73 Å². The topological polar surface area (TPSA) is 51.8 Å². The van der Waals surface area contributed by atoms with E-state index in [1.54, 1.807) is 18.5 Å². The lowest BCUT2D eigenvalue weighted by Gasteiger charge is -2.20. The molecule has 3 nitrogen and oxygen atoms in total. The minimum absolute atomic E-state index is 0.270. The van der Waals surface area contributed by atoms with Crippen molar-refractivity contribution in [2.45, 2.75) is 25.8 Å². The number of halogens is 1. The Hall–Kier alpha value is -1.81. The minimum atomic E-state index is -0.527. The van der Waals surface area contributed by atoms with E-state index in [9.17, 15) is 4.39 Å². The number of nitrogens with two attached hydrogens (primary N) is 1. The van der Waals surface area contributed by atoms with Crippen LogP contribution in [0.5, 0.6) is 0 Å². The summed E-state index contributed by atoms with van der Waals surface area (Å²) in [5.41, 5.74) is 7.08. The Balaban J connectivity index is 2.33. The zero-order chi connectivity index (χ0) is 13.2. The summed E-state index contributed by atoms with van der Waals surface area (Å²) in [4.78, 5) is 8.54. The fourth-order valence-corrected chi connectivity index (χ4v) is 1.60. The maximum absolute atomic E-state index is 13.1. The SMILES string of the molecule is CCC(C)(N)c1ncc(-c2cccc(F)c2)cn1. The second-order valence-corrected chi connectivity index (χ2v) is 4.58. The summed E-state index contributed by atoms with van der Waals surface area (Å²) in [5.74, 6) is 0.332. The van der Waals surface area contributed by atoms with Gasteiger partial charge in [-0.2, -0.15) is 0 Å². The lowest BCUT2D eigenvalue weighted by Crippen LogP contribution is -2.34. The van der Waals surface area contributed by atoms with Crippen molar-refractivity contribution >= 4 is 0 Å². The molecule has 1 atom stereocenters. The van der Waals surface area contributed by atoms with E-state index in [2.05, 4.69) is 9.97 Å². The van der Waals surface area contributed by atoms with Gasteiger partial charge in [0.25, 0.3) is 0 Å². The third-order valence-corrected chi connectivity index (χ3v) is 3.06. The number of hydrogen-bond donors (Lipinski definition) is 1. The quantitative estimate of drug-likeness (QED) is 0.904. The molecule has 0 spiro atoms. The van der Waals surface area contributed by atoms with Gasteiger partial charge in [-0.15, -0.1) is 0 Å². The summed E-state index contributed by atoms with van der Waals surface area (Å²) >= 11 is 0. The normalized spacial score (nSPS) is 14.2. The van der Waals surface area contributed by atoms with Gasteiger partial charge in [-0.25, -0.2) is 14.4 Å². The van der Waals surface area contributed by atoms with Crippen molar-refractivity contribution in [3.63, 3.8) is 0 Å². The molecular formula is C14H16FN3. The van der Waals surface area contributed by atoms with Crippen molar-refractivity contribution in [3.05, 3.63) is 48.3 Å². The van der Waals surface area contributed by atoms with Gasteiger partial charge in [0.1, 0.15) is 11.6 Å². The standard InChI is InChI=1S/C14H16FN3/c1-3-14(2,16)13-17-8-11(9-18-13)10-5-4-6-12(15)7-10/h4-9H,3,16H2,1-2H3. The first-order chi connectivity index (χ1) is 8.53. The van der Waals surface area contributed by atoms with Gasteiger partial charge in [0.05, 0.1) is 5.54 Å². The van der Waals surface area contributed by atoms with E-state index in [0.29, 0.717) is 5.82 Å². The van der Waals surface area contributed by atoms with E-state index >= 15 is 0 Å². The highest BCUT2D eigenvalue weighted by Gasteiger charge is 2.21. The fourth-order valence-electron chi connectivity index (χ4n) is 1.60. The van der Waals surface area contributed by atoms with Gasteiger partial charge in [-0.3, -0.25) is 0 Å². The van der Waals surface area contributed by atoms with Gasteiger partial charge in [-0.05, 0) is 31.0 Å². The lowest BCUT2D eigenvalue weighted by atomic mass is 9.99. The van der Waals surface area contributed by atoms with Crippen LogP contribution in [0.3, 0.4) is 0 Å². The van der Waals surface area contributed by atoms with E-state index in [0.717, 1.165) is 17.5 Å². The Morgan fingerprint density at radius 2 is 1.89 bits per heavy atom. The van der Waals surface area contributed by atoms with Crippen molar-refractivity contribution in [2.75, 3.05) is 0 Å². The molecule has 18 heavy (non-hydrogen) atoms. The molecule has 94 valence electrons. The van der Waals surface area contributed by atoms with Gasteiger partial charge >= 0.3 is 0 Å². The van der Waals surface area contributed by atoms with Crippen molar-refractivity contribution in [1.82, 2.24) is 9.97 Å².